The van der Waals surface area contributed by atoms with Crippen molar-refractivity contribution in [2.75, 3.05) is 6.54 Å². The van der Waals surface area contributed by atoms with E-state index in [1.165, 1.54) is 12.4 Å². The van der Waals surface area contributed by atoms with Crippen LogP contribution < -0.4 is 5.32 Å². The van der Waals surface area contributed by atoms with Crippen molar-refractivity contribution in [3.8, 4) is 11.3 Å². The Morgan fingerprint density at radius 2 is 2.06 bits per heavy atom. The predicted molar refractivity (Wildman–Crippen MR) is 62.8 cm³/mol. The van der Waals surface area contributed by atoms with Gasteiger partial charge in [0, 0.05) is 30.6 Å². The first-order valence-electron chi connectivity index (χ1n) is 5.64. The molecule has 0 atom stereocenters. The molecule has 86 valence electrons. The van der Waals surface area contributed by atoms with Gasteiger partial charge in [0.15, 0.2) is 0 Å². The van der Waals surface area contributed by atoms with Crippen molar-refractivity contribution in [2.45, 2.75) is 13.0 Å². The molecule has 1 aromatic heterocycles. The van der Waals surface area contributed by atoms with E-state index in [0.717, 1.165) is 24.2 Å². The molecule has 0 unspecified atom stereocenters. The number of rotatable bonds is 1. The lowest BCUT2D eigenvalue weighted by Crippen LogP contribution is -2.25. The topological polar surface area (TPSA) is 37.8 Å². The number of benzene rings is 1. The second-order valence-corrected chi connectivity index (χ2v) is 4.05. The van der Waals surface area contributed by atoms with Crippen molar-refractivity contribution in [3.05, 3.63) is 47.7 Å². The maximum atomic E-state index is 13.8. The fourth-order valence-corrected chi connectivity index (χ4v) is 2.16. The highest BCUT2D eigenvalue weighted by molar-refractivity contribution is 5.64. The summed E-state index contributed by atoms with van der Waals surface area (Å²) in [4.78, 5) is 8.49. The third kappa shape index (κ3) is 1.80. The van der Waals surface area contributed by atoms with Crippen LogP contribution in [0.5, 0.6) is 0 Å². The third-order valence-electron chi connectivity index (χ3n) is 3.00. The molecule has 0 amide bonds. The summed E-state index contributed by atoms with van der Waals surface area (Å²) in [5.74, 6) is -0.237. The zero-order valence-corrected chi connectivity index (χ0v) is 9.28. The number of nitrogens with zero attached hydrogens (tertiary/aromatic N) is 2. The van der Waals surface area contributed by atoms with E-state index in [0.29, 0.717) is 17.8 Å². The molecule has 0 spiro atoms. The standard InChI is InChI=1S/C13H12FN3/c14-11-4-2-1-3-9(11)13-10-7-15-6-5-12(10)16-8-17-13/h1-4,8,15H,5-7H2. The van der Waals surface area contributed by atoms with Crippen molar-refractivity contribution in [1.82, 2.24) is 15.3 Å². The van der Waals surface area contributed by atoms with E-state index in [1.54, 1.807) is 12.1 Å². The van der Waals surface area contributed by atoms with Crippen LogP contribution in [-0.4, -0.2) is 16.5 Å². The molecule has 17 heavy (non-hydrogen) atoms. The highest BCUT2D eigenvalue weighted by Crippen LogP contribution is 2.26. The van der Waals surface area contributed by atoms with Crippen LogP contribution in [-0.2, 0) is 13.0 Å². The van der Waals surface area contributed by atoms with Gasteiger partial charge >= 0.3 is 0 Å². The number of aromatic nitrogens is 2. The summed E-state index contributed by atoms with van der Waals surface area (Å²) in [7, 11) is 0. The highest BCUT2D eigenvalue weighted by atomic mass is 19.1. The van der Waals surface area contributed by atoms with Crippen LogP contribution >= 0.6 is 0 Å². The molecule has 1 N–H and O–H groups in total. The monoisotopic (exact) mass is 229 g/mol. The van der Waals surface area contributed by atoms with Gasteiger partial charge in [0.05, 0.1) is 11.4 Å². The Balaban J connectivity index is 2.18. The van der Waals surface area contributed by atoms with Crippen molar-refractivity contribution in [1.29, 1.82) is 0 Å². The maximum Gasteiger partial charge on any atom is 0.132 e. The Morgan fingerprint density at radius 1 is 1.18 bits per heavy atom. The molecule has 1 aromatic carbocycles. The summed E-state index contributed by atoms with van der Waals surface area (Å²) >= 11 is 0. The quantitative estimate of drug-likeness (QED) is 0.812. The molecule has 1 aliphatic rings. The van der Waals surface area contributed by atoms with E-state index in [4.69, 9.17) is 0 Å². The fraction of sp³-hybridized carbons (Fsp3) is 0.231. The smallest absolute Gasteiger partial charge is 0.132 e. The number of nitrogens with one attached hydrogen (secondary N) is 1. The van der Waals surface area contributed by atoms with Gasteiger partial charge in [-0.25, -0.2) is 14.4 Å². The van der Waals surface area contributed by atoms with Crippen molar-refractivity contribution in [3.63, 3.8) is 0 Å². The van der Waals surface area contributed by atoms with E-state index >= 15 is 0 Å². The van der Waals surface area contributed by atoms with Gasteiger partial charge < -0.3 is 5.32 Å². The Labute approximate surface area is 98.7 Å². The molecule has 2 aromatic rings. The molecule has 0 saturated heterocycles. The lowest BCUT2D eigenvalue weighted by molar-refractivity contribution is 0.618. The van der Waals surface area contributed by atoms with Crippen LogP contribution in [0.4, 0.5) is 4.39 Å². The van der Waals surface area contributed by atoms with Gasteiger partial charge in [0.1, 0.15) is 12.1 Å². The summed E-state index contributed by atoms with van der Waals surface area (Å²) in [5.41, 5.74) is 3.30. The first-order chi connectivity index (χ1) is 8.36. The molecule has 0 fully saturated rings. The van der Waals surface area contributed by atoms with E-state index in [2.05, 4.69) is 15.3 Å². The average molecular weight is 229 g/mol. The summed E-state index contributed by atoms with van der Waals surface area (Å²) in [6.45, 7) is 1.63. The Bertz CT molecular complexity index is 554. The molecule has 4 heteroatoms. The van der Waals surface area contributed by atoms with Gasteiger partial charge in [-0.15, -0.1) is 0 Å². The Morgan fingerprint density at radius 3 is 2.94 bits per heavy atom. The minimum absolute atomic E-state index is 0.237. The fourth-order valence-electron chi connectivity index (χ4n) is 2.16. The van der Waals surface area contributed by atoms with Gasteiger partial charge in [-0.05, 0) is 12.1 Å². The molecule has 1 aliphatic heterocycles. The third-order valence-corrected chi connectivity index (χ3v) is 3.00. The highest BCUT2D eigenvalue weighted by Gasteiger charge is 2.17. The molecule has 0 saturated carbocycles. The van der Waals surface area contributed by atoms with Crippen LogP contribution in [0.1, 0.15) is 11.3 Å². The first kappa shape index (κ1) is 10.4. The van der Waals surface area contributed by atoms with Gasteiger partial charge in [0.2, 0.25) is 0 Å². The predicted octanol–water partition coefficient (Wildman–Crippen LogP) is 1.93. The number of fused-ring (bicyclic) bond motifs is 1. The van der Waals surface area contributed by atoms with Crippen molar-refractivity contribution < 1.29 is 4.39 Å². The largest absolute Gasteiger partial charge is 0.312 e. The van der Waals surface area contributed by atoms with Crippen molar-refractivity contribution in [2.24, 2.45) is 0 Å². The average Bonchev–Trinajstić information content (AvgIpc) is 2.39. The zero-order valence-electron chi connectivity index (χ0n) is 9.28. The second kappa shape index (κ2) is 4.22. The van der Waals surface area contributed by atoms with Crippen LogP contribution in [0.15, 0.2) is 30.6 Å². The SMILES string of the molecule is Fc1ccccc1-c1ncnc2c1CNCC2. The van der Waals surface area contributed by atoms with E-state index in [1.807, 2.05) is 6.07 Å². The molecule has 0 radical (unpaired) electrons. The van der Waals surface area contributed by atoms with Crippen LogP contribution in [0.25, 0.3) is 11.3 Å². The summed E-state index contributed by atoms with van der Waals surface area (Å²) in [6, 6.07) is 6.72. The van der Waals surface area contributed by atoms with Gasteiger partial charge in [-0.3, -0.25) is 0 Å². The number of halogens is 1. The van der Waals surface area contributed by atoms with Crippen LogP contribution in [0.3, 0.4) is 0 Å². The zero-order chi connectivity index (χ0) is 11.7. The molecular weight excluding hydrogens is 217 g/mol. The Hall–Kier alpha value is -1.81. The van der Waals surface area contributed by atoms with Crippen LogP contribution in [0.2, 0.25) is 0 Å². The maximum absolute atomic E-state index is 13.8. The lowest BCUT2D eigenvalue weighted by Gasteiger charge is -2.18. The minimum atomic E-state index is -0.237. The molecule has 3 rings (SSSR count). The molecule has 0 bridgehead atoms. The van der Waals surface area contributed by atoms with Gasteiger partial charge in [-0.1, -0.05) is 12.1 Å². The van der Waals surface area contributed by atoms with Crippen LogP contribution in [0, 0.1) is 5.82 Å². The van der Waals surface area contributed by atoms with Gasteiger partial charge in [-0.2, -0.15) is 0 Å². The number of hydrogen-bond acceptors (Lipinski definition) is 3. The van der Waals surface area contributed by atoms with Crippen molar-refractivity contribution >= 4 is 0 Å². The van der Waals surface area contributed by atoms with E-state index in [9.17, 15) is 4.39 Å². The summed E-state index contributed by atoms with van der Waals surface area (Å²) in [5, 5.41) is 3.27. The Kier molecular flexibility index (Phi) is 2.57. The molecular formula is C13H12FN3. The molecule has 3 nitrogen and oxygen atoms in total. The second-order valence-electron chi connectivity index (χ2n) is 4.05. The normalized spacial score (nSPS) is 14.4. The lowest BCUT2D eigenvalue weighted by atomic mass is 10.0. The summed E-state index contributed by atoms with van der Waals surface area (Å²) < 4.78 is 13.8. The van der Waals surface area contributed by atoms with E-state index < -0.39 is 0 Å². The van der Waals surface area contributed by atoms with Gasteiger partial charge in [0.25, 0.3) is 0 Å². The molecule has 0 aliphatic carbocycles. The summed E-state index contributed by atoms with van der Waals surface area (Å²) in [6.07, 6.45) is 2.39. The number of hydrogen-bond donors (Lipinski definition) is 1. The minimum Gasteiger partial charge on any atom is -0.312 e. The van der Waals surface area contributed by atoms with E-state index in [-0.39, 0.29) is 5.82 Å². The first-order valence-corrected chi connectivity index (χ1v) is 5.64. The molecule has 2 heterocycles.